The van der Waals surface area contributed by atoms with E-state index in [0.717, 1.165) is 10.8 Å². The Labute approximate surface area is 110 Å². The van der Waals surface area contributed by atoms with Gasteiger partial charge in [0.25, 0.3) is 10.0 Å². The van der Waals surface area contributed by atoms with Crippen LogP contribution in [0.5, 0.6) is 0 Å². The smallest absolute Gasteiger partial charge is 0.260 e. The first-order valence-electron chi connectivity index (χ1n) is 5.39. The second kappa shape index (κ2) is 3.73. The van der Waals surface area contributed by atoms with Gasteiger partial charge >= 0.3 is 0 Å². The molecule has 1 aliphatic heterocycles. The molecule has 1 heterocycles. The molecular formula is C13H10ClNO2S. The zero-order chi connectivity index (χ0) is 12.9. The van der Waals surface area contributed by atoms with Gasteiger partial charge in [-0.25, -0.2) is 8.42 Å². The van der Waals surface area contributed by atoms with E-state index >= 15 is 0 Å². The highest BCUT2D eigenvalue weighted by Crippen LogP contribution is 2.42. The molecule has 2 aromatic rings. The van der Waals surface area contributed by atoms with Gasteiger partial charge in [0, 0.05) is 10.4 Å². The van der Waals surface area contributed by atoms with Crippen LogP contribution in [0.3, 0.4) is 0 Å². The number of nitrogens with zero attached hydrogens (tertiary/aromatic N) is 1. The molecule has 0 saturated heterocycles. The van der Waals surface area contributed by atoms with Crippen LogP contribution in [-0.4, -0.2) is 15.0 Å². The van der Waals surface area contributed by atoms with E-state index in [1.165, 1.54) is 4.31 Å². The van der Waals surface area contributed by atoms with Crippen LogP contribution < -0.4 is 4.31 Å². The average Bonchev–Trinajstić information content (AvgIpc) is 2.53. The van der Waals surface area contributed by atoms with Gasteiger partial charge < -0.3 is 0 Å². The standard InChI is InChI=1S/C13H10ClNO2S/c1-9(14)8-15-11-6-2-4-10-5-3-7-12(13(10)11)18(15,16)17/h2-7H,1,8H2. The molecule has 92 valence electrons. The van der Waals surface area contributed by atoms with E-state index in [1.807, 2.05) is 18.2 Å². The van der Waals surface area contributed by atoms with Crippen LogP contribution >= 0.6 is 11.6 Å². The molecule has 0 spiro atoms. The zero-order valence-electron chi connectivity index (χ0n) is 9.43. The number of hydrogen-bond acceptors (Lipinski definition) is 2. The van der Waals surface area contributed by atoms with Crippen LogP contribution in [0.2, 0.25) is 0 Å². The maximum absolute atomic E-state index is 12.4. The van der Waals surface area contributed by atoms with Crippen LogP contribution in [0, 0.1) is 0 Å². The summed E-state index contributed by atoms with van der Waals surface area (Å²) in [6.45, 7) is 3.67. The molecule has 2 aromatic carbocycles. The molecule has 0 radical (unpaired) electrons. The summed E-state index contributed by atoms with van der Waals surface area (Å²) in [5, 5.41) is 1.97. The van der Waals surface area contributed by atoms with E-state index in [0.29, 0.717) is 15.6 Å². The van der Waals surface area contributed by atoms with Crippen LogP contribution in [0.1, 0.15) is 0 Å². The predicted molar refractivity (Wildman–Crippen MR) is 73.5 cm³/mol. The highest BCUT2D eigenvalue weighted by atomic mass is 35.5. The number of halogens is 1. The van der Waals surface area contributed by atoms with E-state index in [2.05, 4.69) is 6.58 Å². The van der Waals surface area contributed by atoms with Gasteiger partial charge in [0.2, 0.25) is 0 Å². The molecule has 18 heavy (non-hydrogen) atoms. The van der Waals surface area contributed by atoms with Crippen molar-refractivity contribution in [2.75, 3.05) is 10.8 Å². The fourth-order valence-corrected chi connectivity index (χ4v) is 4.18. The Morgan fingerprint density at radius 3 is 2.56 bits per heavy atom. The molecule has 0 atom stereocenters. The van der Waals surface area contributed by atoms with Gasteiger partial charge in [-0.2, -0.15) is 0 Å². The molecule has 0 bridgehead atoms. The third-order valence-electron chi connectivity index (χ3n) is 3.00. The Balaban J connectivity index is 2.37. The summed E-state index contributed by atoms with van der Waals surface area (Å²) in [7, 11) is -3.51. The fourth-order valence-electron chi connectivity index (χ4n) is 2.28. The van der Waals surface area contributed by atoms with E-state index in [9.17, 15) is 8.42 Å². The third kappa shape index (κ3) is 1.46. The Hall–Kier alpha value is -1.52. The average molecular weight is 280 g/mol. The summed E-state index contributed by atoms with van der Waals surface area (Å²) in [4.78, 5) is 0.341. The summed E-state index contributed by atoms with van der Waals surface area (Å²) < 4.78 is 26.2. The summed E-state index contributed by atoms with van der Waals surface area (Å²) in [5.41, 5.74) is 0.671. The molecule has 3 rings (SSSR count). The monoisotopic (exact) mass is 279 g/mol. The zero-order valence-corrected chi connectivity index (χ0v) is 11.0. The van der Waals surface area contributed by atoms with E-state index in [1.54, 1.807) is 18.2 Å². The Morgan fingerprint density at radius 1 is 1.22 bits per heavy atom. The van der Waals surface area contributed by atoms with Gasteiger partial charge in [-0.3, -0.25) is 4.31 Å². The third-order valence-corrected chi connectivity index (χ3v) is 4.92. The van der Waals surface area contributed by atoms with Crippen molar-refractivity contribution in [3.05, 3.63) is 48.0 Å². The Bertz CT molecular complexity index is 762. The quantitative estimate of drug-likeness (QED) is 0.847. The van der Waals surface area contributed by atoms with Crippen LogP contribution in [-0.2, 0) is 10.0 Å². The lowest BCUT2D eigenvalue weighted by molar-refractivity contribution is 0.595. The SMILES string of the molecule is C=C(Cl)CN1c2cccc3cccc(c23)S1(=O)=O. The molecule has 0 aromatic heterocycles. The second-order valence-electron chi connectivity index (χ2n) is 4.16. The molecule has 0 saturated carbocycles. The number of hydrogen-bond donors (Lipinski definition) is 0. The number of anilines is 1. The van der Waals surface area contributed by atoms with Crippen molar-refractivity contribution in [3.8, 4) is 0 Å². The minimum atomic E-state index is -3.51. The fraction of sp³-hybridized carbons (Fsp3) is 0.0769. The minimum Gasteiger partial charge on any atom is -0.260 e. The van der Waals surface area contributed by atoms with E-state index < -0.39 is 10.0 Å². The van der Waals surface area contributed by atoms with Crippen LogP contribution in [0.25, 0.3) is 10.8 Å². The molecule has 3 nitrogen and oxygen atoms in total. The first-order valence-corrected chi connectivity index (χ1v) is 7.21. The molecular weight excluding hydrogens is 270 g/mol. The van der Waals surface area contributed by atoms with Gasteiger partial charge in [0.15, 0.2) is 0 Å². The van der Waals surface area contributed by atoms with Gasteiger partial charge in [-0.1, -0.05) is 42.4 Å². The molecule has 0 aliphatic carbocycles. The topological polar surface area (TPSA) is 37.4 Å². The first-order chi connectivity index (χ1) is 8.51. The van der Waals surface area contributed by atoms with Crippen molar-refractivity contribution in [1.29, 1.82) is 0 Å². The van der Waals surface area contributed by atoms with Crippen molar-refractivity contribution in [2.24, 2.45) is 0 Å². The summed E-state index contributed by atoms with van der Waals surface area (Å²) in [5.74, 6) is 0. The maximum atomic E-state index is 12.4. The molecule has 0 fully saturated rings. The van der Waals surface area contributed by atoms with Crippen molar-refractivity contribution >= 4 is 38.1 Å². The molecule has 5 heteroatoms. The van der Waals surface area contributed by atoms with Crippen molar-refractivity contribution in [2.45, 2.75) is 4.90 Å². The lowest BCUT2D eigenvalue weighted by Crippen LogP contribution is -2.28. The lowest BCUT2D eigenvalue weighted by Gasteiger charge is -2.17. The number of rotatable bonds is 2. The molecule has 0 unspecified atom stereocenters. The largest absolute Gasteiger partial charge is 0.265 e. The van der Waals surface area contributed by atoms with E-state index in [-0.39, 0.29) is 6.54 Å². The van der Waals surface area contributed by atoms with Gasteiger partial charge in [0.05, 0.1) is 17.1 Å². The van der Waals surface area contributed by atoms with E-state index in [4.69, 9.17) is 11.6 Å². The maximum Gasteiger partial charge on any atom is 0.265 e. The van der Waals surface area contributed by atoms with Crippen LogP contribution in [0.4, 0.5) is 5.69 Å². The van der Waals surface area contributed by atoms with Gasteiger partial charge in [0.1, 0.15) is 0 Å². The minimum absolute atomic E-state index is 0.0949. The molecule has 0 amide bonds. The van der Waals surface area contributed by atoms with Gasteiger partial charge in [-0.15, -0.1) is 0 Å². The summed E-state index contributed by atoms with van der Waals surface area (Å²) in [6, 6.07) is 10.8. The predicted octanol–water partition coefficient (Wildman–Crippen LogP) is 3.10. The highest BCUT2D eigenvalue weighted by molar-refractivity contribution is 7.93. The Kier molecular flexibility index (Phi) is 2.40. The number of benzene rings is 2. The second-order valence-corrected chi connectivity index (χ2v) is 6.53. The molecule has 0 N–H and O–H groups in total. The summed E-state index contributed by atoms with van der Waals surface area (Å²) in [6.07, 6.45) is 0. The lowest BCUT2D eigenvalue weighted by atomic mass is 10.1. The van der Waals surface area contributed by atoms with Crippen molar-refractivity contribution < 1.29 is 8.42 Å². The summed E-state index contributed by atoms with van der Waals surface area (Å²) >= 11 is 5.76. The van der Waals surface area contributed by atoms with Crippen LogP contribution in [0.15, 0.2) is 52.9 Å². The first kappa shape index (κ1) is 11.6. The molecule has 1 aliphatic rings. The van der Waals surface area contributed by atoms with Crippen molar-refractivity contribution in [3.63, 3.8) is 0 Å². The van der Waals surface area contributed by atoms with Gasteiger partial charge in [-0.05, 0) is 17.5 Å². The normalized spacial score (nSPS) is 16.2. The number of sulfonamides is 1. The highest BCUT2D eigenvalue weighted by Gasteiger charge is 2.35. The van der Waals surface area contributed by atoms with Crippen molar-refractivity contribution in [1.82, 2.24) is 0 Å². The Morgan fingerprint density at radius 2 is 1.89 bits per heavy atom.